The van der Waals surface area contributed by atoms with E-state index in [0.29, 0.717) is 0 Å². The summed E-state index contributed by atoms with van der Waals surface area (Å²) in [6.45, 7) is -2.30. The quantitative estimate of drug-likeness (QED) is 0.560. The van der Waals surface area contributed by atoms with Crippen LogP contribution in [0.25, 0.3) is 0 Å². The zero-order valence-corrected chi connectivity index (χ0v) is 11.7. The van der Waals surface area contributed by atoms with Gasteiger partial charge in [0, 0.05) is 0 Å². The lowest BCUT2D eigenvalue weighted by molar-refractivity contribution is -0.342. The van der Waals surface area contributed by atoms with Crippen LogP contribution in [0.2, 0.25) is 0 Å². The van der Waals surface area contributed by atoms with Crippen LogP contribution in [-0.4, -0.2) is 42.7 Å². The van der Waals surface area contributed by atoms with Crippen LogP contribution in [-0.2, 0) is 4.79 Å². The number of carbonyl (C=O) groups excluding carboxylic acids is 1. The summed E-state index contributed by atoms with van der Waals surface area (Å²) >= 11 is 0. The lowest BCUT2D eigenvalue weighted by Crippen LogP contribution is -2.50. The van der Waals surface area contributed by atoms with Crippen LogP contribution in [0, 0.1) is 10.8 Å². The van der Waals surface area contributed by atoms with E-state index in [-0.39, 0.29) is 13.8 Å². The van der Waals surface area contributed by atoms with Gasteiger partial charge in [-0.05, 0) is 13.8 Å². The van der Waals surface area contributed by atoms with Gasteiger partial charge in [0.2, 0.25) is 5.41 Å². The largest absolute Gasteiger partial charge is 0.409 e. The maximum Gasteiger partial charge on any atom is 0.409 e. The molecule has 1 N–H and O–H groups in total. The zero-order chi connectivity index (χ0) is 20.4. The van der Waals surface area contributed by atoms with Gasteiger partial charge < -0.3 is 9.90 Å². The van der Waals surface area contributed by atoms with Crippen LogP contribution in [0.1, 0.15) is 13.8 Å². The van der Waals surface area contributed by atoms with E-state index < -0.39 is 48.4 Å². The maximum atomic E-state index is 11.7. The summed E-state index contributed by atoms with van der Waals surface area (Å²) in [6.07, 6.45) is -23.3. The fourth-order valence-electron chi connectivity index (χ4n) is 0.634. The standard InChI is InChI=1S/C5H6F6O.C5H4F6O/c2*1-3(2-12,4(6,7)8)5(9,10)11/h12H,2H2,1H3;2H,1H3. The van der Waals surface area contributed by atoms with Gasteiger partial charge >= 0.3 is 24.7 Å². The zero-order valence-electron chi connectivity index (χ0n) is 11.7. The molecule has 0 saturated carbocycles. The van der Waals surface area contributed by atoms with Gasteiger partial charge in [0.25, 0.3) is 0 Å². The van der Waals surface area contributed by atoms with Crippen molar-refractivity contribution < 1.29 is 62.6 Å². The summed E-state index contributed by atoms with van der Waals surface area (Å²) in [5.74, 6) is 0. The molecule has 0 aliphatic heterocycles. The number of aldehydes is 1. The first-order valence-corrected chi connectivity index (χ1v) is 5.46. The molecule has 0 atom stereocenters. The molecule has 0 bridgehead atoms. The Morgan fingerprint density at radius 1 is 0.667 bits per heavy atom. The average Bonchev–Trinajstić information content (AvgIpc) is 2.31. The highest BCUT2D eigenvalue weighted by atomic mass is 19.4. The molecule has 0 aliphatic carbocycles. The van der Waals surface area contributed by atoms with Gasteiger partial charge in [0.15, 0.2) is 5.41 Å². The van der Waals surface area contributed by atoms with E-state index in [1.165, 1.54) is 0 Å². The average molecular weight is 390 g/mol. The van der Waals surface area contributed by atoms with E-state index in [4.69, 9.17) is 5.11 Å². The molecule has 0 rings (SSSR count). The molecule has 0 unspecified atom stereocenters. The molecule has 0 spiro atoms. The molecule has 0 heterocycles. The normalized spacial score (nSPS) is 14.8. The van der Waals surface area contributed by atoms with E-state index >= 15 is 0 Å². The fraction of sp³-hybridized carbons (Fsp3) is 0.900. The van der Waals surface area contributed by atoms with Crippen molar-refractivity contribution in [1.82, 2.24) is 0 Å². The van der Waals surface area contributed by atoms with Gasteiger partial charge in [0.05, 0.1) is 6.61 Å². The predicted octanol–water partition coefficient (Wildman–Crippen LogP) is 4.43. The number of hydrogen-bond acceptors (Lipinski definition) is 2. The highest BCUT2D eigenvalue weighted by molar-refractivity contribution is 5.61. The molecule has 146 valence electrons. The first-order valence-electron chi connectivity index (χ1n) is 5.46. The molecule has 2 nitrogen and oxygen atoms in total. The Labute approximate surface area is 126 Å². The van der Waals surface area contributed by atoms with Crippen LogP contribution in [0.3, 0.4) is 0 Å². The molecule has 0 aromatic carbocycles. The molecule has 24 heavy (non-hydrogen) atoms. The second kappa shape index (κ2) is 6.96. The first-order chi connectivity index (χ1) is 10.1. The van der Waals surface area contributed by atoms with Gasteiger partial charge in [-0.3, -0.25) is 0 Å². The highest BCUT2D eigenvalue weighted by Crippen LogP contribution is 2.49. The minimum absolute atomic E-state index is 0.0903. The van der Waals surface area contributed by atoms with Crippen LogP contribution in [0.5, 0.6) is 0 Å². The van der Waals surface area contributed by atoms with Crippen molar-refractivity contribution in [3.8, 4) is 0 Å². The van der Waals surface area contributed by atoms with Gasteiger partial charge in [-0.1, -0.05) is 0 Å². The van der Waals surface area contributed by atoms with E-state index in [2.05, 4.69) is 0 Å². The minimum atomic E-state index is -5.60. The van der Waals surface area contributed by atoms with E-state index in [0.717, 1.165) is 0 Å². The second-order valence-electron chi connectivity index (χ2n) is 4.80. The third kappa shape index (κ3) is 4.89. The molecule has 0 radical (unpaired) electrons. The Morgan fingerprint density at radius 3 is 0.917 bits per heavy atom. The SMILES string of the molecule is CC(C=O)(C(F)(F)F)C(F)(F)F.CC(CO)(C(F)(F)F)C(F)(F)F. The van der Waals surface area contributed by atoms with Crippen LogP contribution < -0.4 is 0 Å². The third-order valence-corrected chi connectivity index (χ3v) is 2.98. The van der Waals surface area contributed by atoms with Gasteiger partial charge in [-0.25, -0.2) is 0 Å². The van der Waals surface area contributed by atoms with Crippen molar-refractivity contribution in [2.45, 2.75) is 38.6 Å². The van der Waals surface area contributed by atoms with Crippen molar-refractivity contribution in [3.05, 3.63) is 0 Å². The van der Waals surface area contributed by atoms with Gasteiger partial charge in [-0.2, -0.15) is 52.7 Å². The second-order valence-corrected chi connectivity index (χ2v) is 4.80. The van der Waals surface area contributed by atoms with Crippen LogP contribution in [0.4, 0.5) is 52.7 Å². The monoisotopic (exact) mass is 390 g/mol. The Balaban J connectivity index is 0. The molecule has 0 saturated heterocycles. The maximum absolute atomic E-state index is 11.7. The highest BCUT2D eigenvalue weighted by Gasteiger charge is 2.68. The van der Waals surface area contributed by atoms with Crippen molar-refractivity contribution in [2.24, 2.45) is 10.8 Å². The molecular formula is C10H10F12O2. The first kappa shape index (κ1) is 25.0. The Kier molecular flexibility index (Phi) is 7.26. The smallest absolute Gasteiger partial charge is 0.395 e. The molecule has 0 aromatic heterocycles. The lowest BCUT2D eigenvalue weighted by atomic mass is 9.90. The number of carbonyl (C=O) groups is 1. The summed E-state index contributed by atoms with van der Waals surface area (Å²) in [5, 5.41) is 8.02. The number of alkyl halides is 12. The predicted molar refractivity (Wildman–Crippen MR) is 53.6 cm³/mol. The molecular weight excluding hydrogens is 380 g/mol. The van der Waals surface area contributed by atoms with E-state index in [9.17, 15) is 57.5 Å². The van der Waals surface area contributed by atoms with Gasteiger partial charge in [-0.15, -0.1) is 0 Å². The van der Waals surface area contributed by atoms with E-state index in [1.54, 1.807) is 0 Å². The summed E-state index contributed by atoms with van der Waals surface area (Å²) in [6, 6.07) is 0. The molecule has 14 heteroatoms. The van der Waals surface area contributed by atoms with Crippen LogP contribution >= 0.6 is 0 Å². The fourth-order valence-corrected chi connectivity index (χ4v) is 0.634. The molecule has 0 aliphatic rings. The van der Waals surface area contributed by atoms with Crippen LogP contribution in [0.15, 0.2) is 0 Å². The Bertz CT molecular complexity index is 386. The summed E-state index contributed by atoms with van der Waals surface area (Å²) < 4.78 is 140. The van der Waals surface area contributed by atoms with Gasteiger partial charge in [0.1, 0.15) is 6.29 Å². The number of aliphatic hydroxyl groups excluding tert-OH is 1. The van der Waals surface area contributed by atoms with Crippen molar-refractivity contribution in [1.29, 1.82) is 0 Å². The topological polar surface area (TPSA) is 37.3 Å². The Hall–Kier alpha value is -1.21. The van der Waals surface area contributed by atoms with Crippen molar-refractivity contribution >= 4 is 6.29 Å². The third-order valence-electron chi connectivity index (χ3n) is 2.98. The van der Waals surface area contributed by atoms with E-state index in [1.807, 2.05) is 0 Å². The van der Waals surface area contributed by atoms with Crippen molar-refractivity contribution in [3.63, 3.8) is 0 Å². The molecule has 0 amide bonds. The lowest BCUT2D eigenvalue weighted by Gasteiger charge is -2.31. The Morgan fingerprint density at radius 2 is 0.917 bits per heavy atom. The summed E-state index contributed by atoms with van der Waals surface area (Å²) in [5.41, 5.74) is -8.29. The minimum Gasteiger partial charge on any atom is -0.395 e. The number of rotatable bonds is 2. The number of aliphatic hydroxyl groups is 1. The molecule has 0 fully saturated rings. The summed E-state index contributed by atoms with van der Waals surface area (Å²) in [7, 11) is 0. The molecule has 0 aromatic rings. The number of hydrogen-bond donors (Lipinski definition) is 1. The summed E-state index contributed by atoms with van der Waals surface area (Å²) in [4.78, 5) is 9.68. The number of halogens is 12. The van der Waals surface area contributed by atoms with Crippen molar-refractivity contribution in [2.75, 3.05) is 6.61 Å².